The minimum Gasteiger partial charge on any atom is -0.337 e. The Morgan fingerprint density at radius 1 is 1.20 bits per heavy atom. The first-order valence-electron chi connectivity index (χ1n) is 8.01. The number of fused-ring (bicyclic) bond motifs is 1. The summed E-state index contributed by atoms with van der Waals surface area (Å²) in [6.45, 7) is 2.32. The van der Waals surface area contributed by atoms with Crippen molar-refractivity contribution < 1.29 is 9.32 Å². The number of amides is 1. The van der Waals surface area contributed by atoms with Crippen LogP contribution in [-0.2, 0) is 17.8 Å². The van der Waals surface area contributed by atoms with Crippen molar-refractivity contribution in [2.24, 2.45) is 0 Å². The molecule has 0 saturated heterocycles. The van der Waals surface area contributed by atoms with Gasteiger partial charge in [0, 0.05) is 16.1 Å². The summed E-state index contributed by atoms with van der Waals surface area (Å²) in [5.74, 6) is 1.04. The normalized spacial score (nSPS) is 13.4. The minimum atomic E-state index is 0.0599. The summed E-state index contributed by atoms with van der Waals surface area (Å²) in [6.07, 6.45) is 2.46. The second-order valence-electron chi connectivity index (χ2n) is 6.03. The highest BCUT2D eigenvalue weighted by Gasteiger charge is 2.28. The molecule has 1 aliphatic heterocycles. The molecule has 5 nitrogen and oxygen atoms in total. The van der Waals surface area contributed by atoms with Gasteiger partial charge in [-0.3, -0.25) is 4.79 Å². The average Bonchev–Trinajstić information content (AvgIpc) is 3.20. The number of carbonyl (C=O) groups is 1. The molecule has 0 radical (unpaired) electrons. The van der Waals surface area contributed by atoms with Gasteiger partial charge in [-0.15, -0.1) is 11.8 Å². The lowest BCUT2D eigenvalue weighted by molar-refractivity contribution is -0.117. The van der Waals surface area contributed by atoms with E-state index in [0.717, 1.165) is 22.4 Å². The van der Waals surface area contributed by atoms with Crippen molar-refractivity contribution in [3.63, 3.8) is 0 Å². The van der Waals surface area contributed by atoms with Crippen molar-refractivity contribution in [2.75, 3.05) is 11.2 Å². The second-order valence-corrected chi connectivity index (χ2v) is 6.91. The first-order chi connectivity index (χ1) is 12.1. The van der Waals surface area contributed by atoms with E-state index in [0.29, 0.717) is 24.7 Å². The lowest BCUT2D eigenvalue weighted by Crippen LogP contribution is -2.26. The maximum Gasteiger partial charge on any atom is 0.247 e. The fraction of sp³-hybridized carbons (Fsp3) is 0.211. The zero-order valence-corrected chi connectivity index (χ0v) is 14.8. The number of carbonyl (C=O) groups excluding carboxylic acids is 1. The summed E-state index contributed by atoms with van der Waals surface area (Å²) in [6, 6.07) is 14.0. The van der Waals surface area contributed by atoms with E-state index in [1.807, 2.05) is 49.6 Å². The molecule has 1 amide bonds. The van der Waals surface area contributed by atoms with Gasteiger partial charge in [-0.1, -0.05) is 22.9 Å². The van der Waals surface area contributed by atoms with Crippen LogP contribution in [0.15, 0.2) is 51.9 Å². The van der Waals surface area contributed by atoms with Crippen molar-refractivity contribution in [2.45, 2.75) is 24.8 Å². The first kappa shape index (κ1) is 15.9. The Bertz CT molecular complexity index is 934. The molecule has 4 rings (SSSR count). The number of aryl methyl sites for hydroxylation is 1. The Morgan fingerprint density at radius 2 is 2.00 bits per heavy atom. The van der Waals surface area contributed by atoms with Crippen LogP contribution in [0.1, 0.15) is 17.0 Å². The molecular formula is C19H17N3O2S. The van der Waals surface area contributed by atoms with Crippen molar-refractivity contribution in [3.8, 4) is 11.4 Å². The highest BCUT2D eigenvalue weighted by Crippen LogP contribution is 2.31. The molecule has 0 aliphatic carbocycles. The molecule has 1 aromatic heterocycles. The van der Waals surface area contributed by atoms with Gasteiger partial charge in [0.15, 0.2) is 0 Å². The number of rotatable bonds is 4. The number of hydrogen-bond donors (Lipinski definition) is 0. The summed E-state index contributed by atoms with van der Waals surface area (Å²) in [4.78, 5) is 19.7. The minimum absolute atomic E-state index is 0.0599. The SMILES string of the molecule is CSc1ccc(-c2noc(CN3C(=O)Cc4cc(C)ccc43)n2)cc1. The van der Waals surface area contributed by atoms with Gasteiger partial charge < -0.3 is 9.42 Å². The van der Waals surface area contributed by atoms with Gasteiger partial charge >= 0.3 is 0 Å². The van der Waals surface area contributed by atoms with E-state index in [-0.39, 0.29) is 5.91 Å². The average molecular weight is 351 g/mol. The summed E-state index contributed by atoms with van der Waals surface area (Å²) in [5, 5.41) is 4.05. The molecule has 0 saturated carbocycles. The van der Waals surface area contributed by atoms with Crippen LogP contribution < -0.4 is 4.90 Å². The number of benzene rings is 2. The number of nitrogens with zero attached hydrogens (tertiary/aromatic N) is 3. The molecule has 25 heavy (non-hydrogen) atoms. The van der Waals surface area contributed by atoms with Crippen molar-refractivity contribution in [1.29, 1.82) is 0 Å². The first-order valence-corrected chi connectivity index (χ1v) is 9.23. The summed E-state index contributed by atoms with van der Waals surface area (Å²) >= 11 is 1.69. The van der Waals surface area contributed by atoms with E-state index in [2.05, 4.69) is 16.2 Å². The molecule has 0 fully saturated rings. The third kappa shape index (κ3) is 3.05. The van der Waals surface area contributed by atoms with Crippen LogP contribution in [-0.4, -0.2) is 22.3 Å². The maximum atomic E-state index is 12.3. The number of thioether (sulfide) groups is 1. The molecule has 2 aromatic carbocycles. The third-order valence-corrected chi connectivity index (χ3v) is 5.02. The van der Waals surface area contributed by atoms with Crippen molar-refractivity contribution in [1.82, 2.24) is 10.1 Å². The smallest absolute Gasteiger partial charge is 0.247 e. The molecule has 0 spiro atoms. The van der Waals surface area contributed by atoms with Gasteiger partial charge in [0.1, 0.15) is 6.54 Å². The molecule has 6 heteroatoms. The van der Waals surface area contributed by atoms with Crippen molar-refractivity contribution >= 4 is 23.4 Å². The highest BCUT2D eigenvalue weighted by molar-refractivity contribution is 7.98. The number of aromatic nitrogens is 2. The van der Waals surface area contributed by atoms with E-state index in [1.165, 1.54) is 4.90 Å². The van der Waals surface area contributed by atoms with Gasteiger partial charge in [-0.25, -0.2) is 0 Å². The fourth-order valence-corrected chi connectivity index (χ4v) is 3.41. The zero-order chi connectivity index (χ0) is 17.4. The summed E-state index contributed by atoms with van der Waals surface area (Å²) in [7, 11) is 0. The Balaban J connectivity index is 1.56. The molecule has 126 valence electrons. The van der Waals surface area contributed by atoms with Crippen LogP contribution >= 0.6 is 11.8 Å². The lowest BCUT2D eigenvalue weighted by atomic mass is 10.1. The number of hydrogen-bond acceptors (Lipinski definition) is 5. The maximum absolute atomic E-state index is 12.3. The summed E-state index contributed by atoms with van der Waals surface area (Å²) < 4.78 is 5.36. The molecule has 2 heterocycles. The van der Waals surface area contributed by atoms with E-state index in [4.69, 9.17) is 4.52 Å². The predicted molar refractivity (Wildman–Crippen MR) is 97.6 cm³/mol. The van der Waals surface area contributed by atoms with Crippen molar-refractivity contribution in [3.05, 3.63) is 59.5 Å². The molecule has 1 aliphatic rings. The Morgan fingerprint density at radius 3 is 2.76 bits per heavy atom. The third-order valence-electron chi connectivity index (χ3n) is 4.28. The standard InChI is InChI=1S/C19H17N3O2S/c1-12-3-8-16-14(9-12)10-18(23)22(16)11-17-20-19(21-24-17)13-4-6-15(25-2)7-5-13/h3-9H,10-11H2,1-2H3. The van der Waals surface area contributed by atoms with E-state index in [1.54, 1.807) is 16.7 Å². The van der Waals surface area contributed by atoms with E-state index < -0.39 is 0 Å². The topological polar surface area (TPSA) is 59.2 Å². The molecule has 0 bridgehead atoms. The van der Waals surface area contributed by atoms with Crippen LogP contribution in [0.25, 0.3) is 11.4 Å². The monoisotopic (exact) mass is 351 g/mol. The van der Waals surface area contributed by atoms with Gasteiger partial charge in [0.05, 0.1) is 6.42 Å². The van der Waals surface area contributed by atoms with Crippen LogP contribution in [0.3, 0.4) is 0 Å². The molecule has 0 N–H and O–H groups in total. The zero-order valence-electron chi connectivity index (χ0n) is 14.0. The predicted octanol–water partition coefficient (Wildman–Crippen LogP) is 3.86. The number of anilines is 1. The van der Waals surface area contributed by atoms with Gasteiger partial charge in [-0.05, 0) is 49.1 Å². The molecular weight excluding hydrogens is 334 g/mol. The Hall–Kier alpha value is -2.60. The molecule has 0 atom stereocenters. The Labute approximate surface area is 150 Å². The van der Waals surface area contributed by atoms with Crippen LogP contribution in [0, 0.1) is 6.92 Å². The summed E-state index contributed by atoms with van der Waals surface area (Å²) in [5.41, 5.74) is 4.04. The highest BCUT2D eigenvalue weighted by atomic mass is 32.2. The largest absolute Gasteiger partial charge is 0.337 e. The second kappa shape index (κ2) is 6.37. The molecule has 0 unspecified atom stereocenters. The lowest BCUT2D eigenvalue weighted by Gasteiger charge is -2.14. The molecule has 3 aromatic rings. The quantitative estimate of drug-likeness (QED) is 0.668. The fourth-order valence-electron chi connectivity index (χ4n) is 3.00. The Kier molecular flexibility index (Phi) is 4.05. The van der Waals surface area contributed by atoms with Crippen LogP contribution in [0.5, 0.6) is 0 Å². The van der Waals surface area contributed by atoms with Gasteiger partial charge in [0.25, 0.3) is 0 Å². The van der Waals surface area contributed by atoms with Crippen LogP contribution in [0.4, 0.5) is 5.69 Å². The van der Waals surface area contributed by atoms with Gasteiger partial charge in [-0.2, -0.15) is 4.98 Å². The van der Waals surface area contributed by atoms with E-state index in [9.17, 15) is 4.79 Å². The van der Waals surface area contributed by atoms with Crippen LogP contribution in [0.2, 0.25) is 0 Å². The van der Waals surface area contributed by atoms with Gasteiger partial charge in [0.2, 0.25) is 17.6 Å². The van der Waals surface area contributed by atoms with E-state index >= 15 is 0 Å².